The fourth-order valence-corrected chi connectivity index (χ4v) is 4.74. The van der Waals surface area contributed by atoms with Crippen LogP contribution >= 0.6 is 34.8 Å². The van der Waals surface area contributed by atoms with Crippen LogP contribution in [-0.4, -0.2) is 76.3 Å². The van der Waals surface area contributed by atoms with E-state index in [0.717, 1.165) is 0 Å². The first-order valence-electron chi connectivity index (χ1n) is 12.3. The van der Waals surface area contributed by atoms with E-state index in [4.69, 9.17) is 59.1 Å². The molecule has 0 aromatic heterocycles. The number of aromatic hydroxyl groups is 1. The molecule has 2 aliphatic rings. The molecule has 2 aromatic rings. The number of fused-ring (bicyclic) bond motifs is 2. The normalized spacial score (nSPS) is 16.1. The lowest BCUT2D eigenvalue weighted by atomic mass is 9.79. The van der Waals surface area contributed by atoms with Gasteiger partial charge in [0.15, 0.2) is 0 Å². The lowest BCUT2D eigenvalue weighted by Gasteiger charge is -2.11. The first kappa shape index (κ1) is 36.0. The molecule has 0 amide bonds. The van der Waals surface area contributed by atoms with E-state index in [9.17, 15) is 34.3 Å². The molecule has 2 heterocycles. The van der Waals surface area contributed by atoms with Crippen LogP contribution in [0.4, 0.5) is 9.59 Å². The third-order valence-corrected chi connectivity index (χ3v) is 6.22. The van der Waals surface area contributed by atoms with Crippen molar-refractivity contribution in [2.24, 2.45) is 0 Å². The molecule has 2 aliphatic heterocycles. The number of carbonyl (C=O) groups is 4. The second-order valence-electron chi connectivity index (χ2n) is 8.44. The summed E-state index contributed by atoms with van der Waals surface area (Å²) in [7, 11) is -2.57. The number of halogens is 3. The zero-order valence-corrected chi connectivity index (χ0v) is 24.8. The molecule has 0 aliphatic carbocycles. The minimum atomic E-state index is -1.33. The van der Waals surface area contributed by atoms with E-state index >= 15 is 0 Å². The Kier molecular flexibility index (Phi) is 13.9. The molecule has 0 spiro atoms. The minimum Gasteiger partial charge on any atom is -0.508 e. The predicted octanol–water partition coefficient (Wildman–Crippen LogP) is 2.77. The number of hydrogen-bond acceptors (Lipinski definition) is 12. The third kappa shape index (κ3) is 10.5. The maximum Gasteiger partial charge on any atom is 0.513 e. The van der Waals surface area contributed by atoms with Crippen LogP contribution in [0.5, 0.6) is 11.5 Å². The first-order valence-corrected chi connectivity index (χ1v) is 13.4. The second-order valence-corrected chi connectivity index (χ2v) is 9.57. The van der Waals surface area contributed by atoms with Crippen molar-refractivity contribution < 1.29 is 68.1 Å². The van der Waals surface area contributed by atoms with E-state index in [0.29, 0.717) is 23.2 Å². The summed E-state index contributed by atoms with van der Waals surface area (Å²) in [5.74, 6) is -2.14. The highest BCUT2D eigenvalue weighted by Gasteiger charge is 2.39. The van der Waals surface area contributed by atoms with E-state index in [1.807, 2.05) is 0 Å². The topological polar surface area (TPSA) is 216 Å². The van der Waals surface area contributed by atoms with E-state index in [-0.39, 0.29) is 46.5 Å². The number of benzene rings is 2. The Labute approximate surface area is 260 Å². The molecule has 0 saturated heterocycles. The van der Waals surface area contributed by atoms with Crippen LogP contribution in [-0.2, 0) is 28.4 Å². The summed E-state index contributed by atoms with van der Waals surface area (Å²) in [5.41, 5.74) is 0.652. The number of carboxylic acids is 2. The molecule has 2 aromatic carbocycles. The second kappa shape index (κ2) is 16.6. The van der Waals surface area contributed by atoms with Crippen molar-refractivity contribution >= 4 is 83.5 Å². The van der Waals surface area contributed by atoms with E-state index in [1.54, 1.807) is 13.8 Å². The molecule has 19 heteroatoms. The van der Waals surface area contributed by atoms with Gasteiger partial charge in [0.1, 0.15) is 11.5 Å². The fraction of sp³-hybridized carbons (Fsp3) is 0.333. The summed E-state index contributed by atoms with van der Waals surface area (Å²) in [6.07, 6.45) is -3.15. The average Bonchev–Trinajstić information content (AvgIpc) is 3.34. The SMILES string of the molecule is CCOC(=O)Cl.CCOC(=O)Oc1cc(Cl)c2c(c1)B(O)OC2CC(=O)O.O=C(O)CC1OB(O)c2cc(O)cc(Cl)c21. The molecule has 14 nitrogen and oxygen atoms in total. The number of carboxylic acid groups (broad SMARTS) is 2. The Bertz CT molecular complexity index is 1340. The lowest BCUT2D eigenvalue weighted by Crippen LogP contribution is -2.28. The van der Waals surface area contributed by atoms with Gasteiger partial charge in [-0.15, -0.1) is 0 Å². The molecule has 0 radical (unpaired) electrons. The van der Waals surface area contributed by atoms with E-state index < -0.39 is 50.0 Å². The molecule has 43 heavy (non-hydrogen) atoms. The van der Waals surface area contributed by atoms with Crippen LogP contribution in [0.2, 0.25) is 10.0 Å². The summed E-state index contributed by atoms with van der Waals surface area (Å²) in [6, 6.07) is 5.31. The number of ether oxygens (including phenoxy) is 3. The van der Waals surface area contributed by atoms with E-state index in [1.165, 1.54) is 24.3 Å². The largest absolute Gasteiger partial charge is 0.513 e. The van der Waals surface area contributed by atoms with Gasteiger partial charge in [0.05, 0.1) is 38.3 Å². The predicted molar refractivity (Wildman–Crippen MR) is 152 cm³/mol. The Hall–Kier alpha value is -3.24. The standard InChI is InChI=1S/C12H12BClO7.C9H8BClO5.C3H5ClO2/c1-2-19-12(17)20-6-3-7-11(8(14)4-6)9(5-10(15)16)21-13(7)18;11-6-2-4(12)1-5-9(6)7(3-8(13)14)16-10(5)15;1-2-6-3(4)5/h3-4,9,18H,2,5H2,1H3,(H,15,16);1-2,7,12,15H,3H2,(H,13,14);2H2,1H3. The first-order chi connectivity index (χ1) is 20.2. The van der Waals surface area contributed by atoms with E-state index in [2.05, 4.69) is 9.47 Å². The Morgan fingerprint density at radius 3 is 1.70 bits per heavy atom. The van der Waals surface area contributed by atoms with Gasteiger partial charge in [0.2, 0.25) is 0 Å². The smallest absolute Gasteiger partial charge is 0.508 e. The summed E-state index contributed by atoms with van der Waals surface area (Å²) in [4.78, 5) is 42.2. The van der Waals surface area contributed by atoms with Gasteiger partial charge in [0.25, 0.3) is 0 Å². The number of phenols is 1. The number of rotatable bonds is 7. The minimum absolute atomic E-state index is 0.0795. The van der Waals surface area contributed by atoms with Gasteiger partial charge in [0, 0.05) is 21.6 Å². The van der Waals surface area contributed by atoms with Gasteiger partial charge < -0.3 is 48.9 Å². The monoisotopic (exact) mass is 664 g/mol. The summed E-state index contributed by atoms with van der Waals surface area (Å²) in [5, 5.41) is 46.5. The van der Waals surface area contributed by atoms with Crippen LogP contribution in [0.25, 0.3) is 0 Å². The number of phenolic OH excluding ortho intramolecular Hbond substituents is 1. The van der Waals surface area contributed by atoms with Crippen molar-refractivity contribution in [3.05, 3.63) is 45.4 Å². The van der Waals surface area contributed by atoms with Crippen molar-refractivity contribution in [1.82, 2.24) is 0 Å². The molecule has 0 saturated carbocycles. The van der Waals surface area contributed by atoms with Crippen LogP contribution in [0, 0.1) is 0 Å². The summed E-state index contributed by atoms with van der Waals surface area (Å²) < 4.78 is 23.9. The molecule has 0 fully saturated rings. The molecule has 4 rings (SSSR count). The van der Waals surface area contributed by atoms with Crippen LogP contribution in [0.1, 0.15) is 50.0 Å². The number of hydrogen-bond donors (Lipinski definition) is 5. The van der Waals surface area contributed by atoms with Crippen molar-refractivity contribution in [2.45, 2.75) is 38.9 Å². The Morgan fingerprint density at radius 2 is 1.28 bits per heavy atom. The summed E-state index contributed by atoms with van der Waals surface area (Å²) >= 11 is 16.7. The quantitative estimate of drug-likeness (QED) is 0.124. The highest BCUT2D eigenvalue weighted by molar-refractivity contribution is 6.63. The molecule has 2 atom stereocenters. The molecular weight excluding hydrogens is 640 g/mol. The van der Waals surface area contributed by atoms with Crippen molar-refractivity contribution in [3.63, 3.8) is 0 Å². The Balaban J connectivity index is 0.000000259. The maximum absolute atomic E-state index is 11.3. The van der Waals surface area contributed by atoms with Crippen LogP contribution in [0.3, 0.4) is 0 Å². The van der Waals surface area contributed by atoms with Crippen molar-refractivity contribution in [3.8, 4) is 11.5 Å². The van der Waals surface area contributed by atoms with Crippen molar-refractivity contribution in [1.29, 1.82) is 0 Å². The summed E-state index contributed by atoms with van der Waals surface area (Å²) in [6.45, 7) is 3.83. The highest BCUT2D eigenvalue weighted by atomic mass is 35.5. The van der Waals surface area contributed by atoms with Gasteiger partial charge in [-0.3, -0.25) is 9.59 Å². The maximum atomic E-state index is 11.3. The zero-order valence-electron chi connectivity index (χ0n) is 22.5. The van der Waals surface area contributed by atoms with Gasteiger partial charge in [-0.25, -0.2) is 9.59 Å². The molecular formula is C24H25B2Cl3O14. The van der Waals surface area contributed by atoms with Gasteiger partial charge in [-0.2, -0.15) is 0 Å². The van der Waals surface area contributed by atoms with Crippen LogP contribution in [0.15, 0.2) is 24.3 Å². The molecule has 232 valence electrons. The van der Waals surface area contributed by atoms with Gasteiger partial charge in [-0.1, -0.05) is 23.2 Å². The molecule has 5 N–H and O–H groups in total. The fourth-order valence-electron chi connectivity index (χ4n) is 3.95. The van der Waals surface area contributed by atoms with Gasteiger partial charge >= 0.3 is 37.8 Å². The van der Waals surface area contributed by atoms with Crippen molar-refractivity contribution in [2.75, 3.05) is 13.2 Å². The lowest BCUT2D eigenvalue weighted by molar-refractivity contribution is -0.140. The zero-order chi connectivity index (χ0) is 32.4. The number of aliphatic carboxylic acids is 2. The average molecular weight is 665 g/mol. The van der Waals surface area contributed by atoms with Gasteiger partial charge in [-0.05, 0) is 60.2 Å². The Morgan fingerprint density at radius 1 is 0.814 bits per heavy atom. The molecule has 2 unspecified atom stereocenters. The highest BCUT2D eigenvalue weighted by Crippen LogP contribution is 2.35. The number of carbonyl (C=O) groups excluding carboxylic acids is 2. The molecule has 0 bridgehead atoms. The van der Waals surface area contributed by atoms with Crippen LogP contribution < -0.4 is 15.7 Å². The third-order valence-electron chi connectivity index (χ3n) is 5.48.